The summed E-state index contributed by atoms with van der Waals surface area (Å²) in [6.07, 6.45) is 3.56. The molecule has 3 nitrogen and oxygen atoms in total. The van der Waals surface area contributed by atoms with Crippen molar-refractivity contribution in [3.8, 4) is 0 Å². The maximum atomic E-state index is 9.35. The van der Waals surface area contributed by atoms with Gasteiger partial charge in [-0.25, -0.2) is 0 Å². The fourth-order valence-electron chi connectivity index (χ4n) is 2.46. The summed E-state index contributed by atoms with van der Waals surface area (Å²) in [4.78, 5) is 2.36. The lowest BCUT2D eigenvalue weighted by Crippen LogP contribution is -2.41. The zero-order valence-corrected chi connectivity index (χ0v) is 10.2. The van der Waals surface area contributed by atoms with Crippen molar-refractivity contribution < 1.29 is 10.2 Å². The highest BCUT2D eigenvalue weighted by Gasteiger charge is 2.21. The van der Waals surface area contributed by atoms with Crippen molar-refractivity contribution in [1.29, 1.82) is 0 Å². The van der Waals surface area contributed by atoms with Crippen LogP contribution in [-0.4, -0.2) is 34.3 Å². The van der Waals surface area contributed by atoms with Gasteiger partial charge in [0.15, 0.2) is 0 Å². The molecular weight excluding hydrogens is 214 g/mol. The molecule has 0 radical (unpaired) electrons. The Morgan fingerprint density at radius 1 is 1.06 bits per heavy atom. The van der Waals surface area contributed by atoms with Crippen molar-refractivity contribution in [2.75, 3.05) is 13.2 Å². The molecule has 1 aromatic carbocycles. The number of aliphatic hydroxyl groups excluding tert-OH is 2. The quantitative estimate of drug-likeness (QED) is 0.831. The molecular formula is C14H21NO2. The van der Waals surface area contributed by atoms with Crippen LogP contribution in [-0.2, 0) is 13.2 Å². The minimum atomic E-state index is 0.100. The lowest BCUT2D eigenvalue weighted by atomic mass is 10.0. The monoisotopic (exact) mass is 235 g/mol. The first kappa shape index (κ1) is 12.6. The van der Waals surface area contributed by atoms with Gasteiger partial charge >= 0.3 is 0 Å². The molecule has 3 heteroatoms. The lowest BCUT2D eigenvalue weighted by Gasteiger charge is -2.34. The van der Waals surface area contributed by atoms with E-state index in [-0.39, 0.29) is 13.2 Å². The van der Waals surface area contributed by atoms with Crippen LogP contribution in [0.2, 0.25) is 0 Å². The van der Waals surface area contributed by atoms with Gasteiger partial charge in [-0.3, -0.25) is 4.90 Å². The minimum Gasteiger partial charge on any atom is -0.395 e. The van der Waals surface area contributed by atoms with Gasteiger partial charge < -0.3 is 10.2 Å². The maximum absolute atomic E-state index is 9.35. The average molecular weight is 235 g/mol. The maximum Gasteiger partial charge on any atom is 0.0681 e. The average Bonchev–Trinajstić information content (AvgIpc) is 2.40. The number of piperidine rings is 1. The van der Waals surface area contributed by atoms with Crippen LogP contribution in [0.4, 0.5) is 0 Å². The normalized spacial score (nSPS) is 21.6. The fourth-order valence-corrected chi connectivity index (χ4v) is 2.46. The number of nitrogens with zero attached hydrogens (tertiary/aromatic N) is 1. The van der Waals surface area contributed by atoms with Crippen LogP contribution in [0.25, 0.3) is 0 Å². The summed E-state index contributed by atoms with van der Waals surface area (Å²) in [5, 5.41) is 18.3. The van der Waals surface area contributed by atoms with Gasteiger partial charge in [0, 0.05) is 12.6 Å². The molecule has 0 spiro atoms. The molecule has 17 heavy (non-hydrogen) atoms. The van der Waals surface area contributed by atoms with Crippen molar-refractivity contribution in [2.45, 2.75) is 38.5 Å². The van der Waals surface area contributed by atoms with E-state index in [0.717, 1.165) is 25.1 Å². The molecule has 1 unspecified atom stereocenters. The largest absolute Gasteiger partial charge is 0.395 e. The van der Waals surface area contributed by atoms with Gasteiger partial charge in [0.05, 0.1) is 13.2 Å². The molecule has 0 amide bonds. The van der Waals surface area contributed by atoms with E-state index >= 15 is 0 Å². The smallest absolute Gasteiger partial charge is 0.0681 e. The first-order valence-electron chi connectivity index (χ1n) is 6.37. The Labute approximate surface area is 103 Å². The number of benzene rings is 1. The number of likely N-dealkylation sites (tertiary alicyclic amines) is 1. The third-order valence-corrected chi connectivity index (χ3v) is 3.55. The fraction of sp³-hybridized carbons (Fsp3) is 0.571. The lowest BCUT2D eigenvalue weighted by molar-refractivity contribution is 0.0841. The molecule has 1 aliphatic rings. The predicted octanol–water partition coefficient (Wildman–Crippen LogP) is 1.53. The molecule has 2 N–H and O–H groups in total. The summed E-state index contributed by atoms with van der Waals surface area (Å²) < 4.78 is 0. The van der Waals surface area contributed by atoms with Gasteiger partial charge in [-0.2, -0.15) is 0 Å². The molecule has 1 aliphatic heterocycles. The first-order valence-corrected chi connectivity index (χ1v) is 6.37. The van der Waals surface area contributed by atoms with Crippen LogP contribution < -0.4 is 0 Å². The zero-order chi connectivity index (χ0) is 12.1. The summed E-state index contributed by atoms with van der Waals surface area (Å²) in [5.41, 5.74) is 2.20. The Balaban J connectivity index is 1.98. The van der Waals surface area contributed by atoms with Gasteiger partial charge in [0.1, 0.15) is 0 Å². The van der Waals surface area contributed by atoms with E-state index in [2.05, 4.69) is 17.0 Å². The summed E-state index contributed by atoms with van der Waals surface area (Å²) in [6.45, 7) is 2.34. The Bertz CT molecular complexity index is 337. The first-order chi connectivity index (χ1) is 8.33. The molecule has 1 heterocycles. The Kier molecular flexibility index (Phi) is 4.54. The van der Waals surface area contributed by atoms with Gasteiger partial charge in [0.25, 0.3) is 0 Å². The highest BCUT2D eigenvalue weighted by molar-refractivity contribution is 5.22. The van der Waals surface area contributed by atoms with Crippen LogP contribution in [0, 0.1) is 0 Å². The Hall–Kier alpha value is -0.900. The molecule has 1 atom stereocenters. The van der Waals surface area contributed by atoms with Gasteiger partial charge in [-0.15, -0.1) is 0 Å². The summed E-state index contributed by atoms with van der Waals surface area (Å²) in [5.74, 6) is 0. The van der Waals surface area contributed by atoms with E-state index in [1.165, 1.54) is 18.4 Å². The van der Waals surface area contributed by atoms with E-state index in [4.69, 9.17) is 5.11 Å². The van der Waals surface area contributed by atoms with Crippen LogP contribution in [0.1, 0.15) is 30.4 Å². The van der Waals surface area contributed by atoms with E-state index < -0.39 is 0 Å². The van der Waals surface area contributed by atoms with Crippen molar-refractivity contribution >= 4 is 0 Å². The molecule has 94 valence electrons. The summed E-state index contributed by atoms with van der Waals surface area (Å²) in [6, 6.07) is 8.38. The third kappa shape index (κ3) is 3.28. The SMILES string of the molecule is OCc1ccc(CN2CCCCC2CO)cc1. The van der Waals surface area contributed by atoms with Gasteiger partial charge in [-0.05, 0) is 30.5 Å². The molecule has 1 fully saturated rings. The Morgan fingerprint density at radius 2 is 1.76 bits per heavy atom. The van der Waals surface area contributed by atoms with Crippen LogP contribution in [0.5, 0.6) is 0 Å². The van der Waals surface area contributed by atoms with E-state index in [9.17, 15) is 5.11 Å². The van der Waals surface area contributed by atoms with Crippen LogP contribution in [0.3, 0.4) is 0 Å². The van der Waals surface area contributed by atoms with Crippen molar-refractivity contribution in [3.05, 3.63) is 35.4 Å². The highest BCUT2D eigenvalue weighted by atomic mass is 16.3. The summed E-state index contributed by atoms with van der Waals surface area (Å²) >= 11 is 0. The molecule has 0 aliphatic carbocycles. The topological polar surface area (TPSA) is 43.7 Å². The highest BCUT2D eigenvalue weighted by Crippen LogP contribution is 2.19. The number of rotatable bonds is 4. The van der Waals surface area contributed by atoms with Crippen molar-refractivity contribution in [2.24, 2.45) is 0 Å². The second-order valence-corrected chi connectivity index (χ2v) is 4.78. The zero-order valence-electron chi connectivity index (χ0n) is 10.2. The second kappa shape index (κ2) is 6.15. The molecule has 1 saturated heterocycles. The molecule has 2 rings (SSSR count). The van der Waals surface area contributed by atoms with Crippen molar-refractivity contribution in [3.63, 3.8) is 0 Å². The molecule has 0 bridgehead atoms. The van der Waals surface area contributed by atoms with Gasteiger partial charge in [-0.1, -0.05) is 30.7 Å². The molecule has 1 aromatic rings. The second-order valence-electron chi connectivity index (χ2n) is 4.78. The summed E-state index contributed by atoms with van der Waals surface area (Å²) in [7, 11) is 0. The van der Waals surface area contributed by atoms with Crippen LogP contribution in [0.15, 0.2) is 24.3 Å². The molecule has 0 saturated carbocycles. The van der Waals surface area contributed by atoms with E-state index in [0.29, 0.717) is 6.04 Å². The third-order valence-electron chi connectivity index (χ3n) is 3.55. The standard InChI is InChI=1S/C14H21NO2/c16-10-13-6-4-12(5-7-13)9-15-8-2-1-3-14(15)11-17/h4-7,14,16-17H,1-3,8-11H2. The molecule has 0 aromatic heterocycles. The number of hydrogen-bond acceptors (Lipinski definition) is 3. The number of aliphatic hydroxyl groups is 2. The predicted molar refractivity (Wildman–Crippen MR) is 67.5 cm³/mol. The van der Waals surface area contributed by atoms with E-state index in [1.54, 1.807) is 0 Å². The van der Waals surface area contributed by atoms with Gasteiger partial charge in [0.2, 0.25) is 0 Å². The van der Waals surface area contributed by atoms with Crippen molar-refractivity contribution in [1.82, 2.24) is 4.90 Å². The minimum absolute atomic E-state index is 0.100. The number of hydrogen-bond donors (Lipinski definition) is 2. The Morgan fingerprint density at radius 3 is 2.41 bits per heavy atom. The van der Waals surface area contributed by atoms with Crippen LogP contribution >= 0.6 is 0 Å². The van der Waals surface area contributed by atoms with E-state index in [1.807, 2.05) is 12.1 Å².